The molecule has 1 aliphatic heterocycles. The molecule has 19 heavy (non-hydrogen) atoms. The highest BCUT2D eigenvalue weighted by Gasteiger charge is 2.34. The van der Waals surface area contributed by atoms with Crippen LogP contribution in [0.4, 0.5) is 0 Å². The van der Waals surface area contributed by atoms with E-state index < -0.39 is 22.2 Å². The monoisotopic (exact) mass is 285 g/mol. The first-order valence-corrected chi connectivity index (χ1v) is 7.70. The quantitative estimate of drug-likeness (QED) is 0.825. The summed E-state index contributed by atoms with van der Waals surface area (Å²) >= 11 is 0. The number of aliphatic hydroxyl groups excluding tert-OH is 2. The normalized spacial score (nSPS) is 25.5. The highest BCUT2D eigenvalue weighted by molar-refractivity contribution is 7.89. The Labute approximate surface area is 113 Å². The van der Waals surface area contributed by atoms with Gasteiger partial charge in [0.05, 0.1) is 17.1 Å². The first-order chi connectivity index (χ1) is 8.82. The molecule has 0 spiro atoms. The van der Waals surface area contributed by atoms with Crippen molar-refractivity contribution in [2.45, 2.75) is 37.4 Å². The van der Waals surface area contributed by atoms with Gasteiger partial charge in [0.15, 0.2) is 0 Å². The molecule has 6 heteroatoms. The van der Waals surface area contributed by atoms with Gasteiger partial charge in [0, 0.05) is 13.1 Å². The number of benzene rings is 1. The van der Waals surface area contributed by atoms with Crippen molar-refractivity contribution in [2.24, 2.45) is 0 Å². The minimum absolute atomic E-state index is 0.0587. The van der Waals surface area contributed by atoms with Gasteiger partial charge in [-0.3, -0.25) is 0 Å². The standard InChI is InChI=1S/C13H19NO4S/c1-9-3-4-13(10(2)7-9)19(17,18)14-6-5-11(15)12(16)8-14/h3-4,7,11-12,15-16H,5-6,8H2,1-2H3/t11-,12-/m0/s1. The Bertz CT molecular complexity index is 570. The number of piperidine rings is 1. The summed E-state index contributed by atoms with van der Waals surface area (Å²) in [4.78, 5) is 0.265. The molecule has 1 aromatic rings. The van der Waals surface area contributed by atoms with Crippen LogP contribution in [0.1, 0.15) is 17.5 Å². The summed E-state index contributed by atoms with van der Waals surface area (Å²) in [5, 5.41) is 19.1. The van der Waals surface area contributed by atoms with Crippen molar-refractivity contribution < 1.29 is 18.6 Å². The second-order valence-corrected chi connectivity index (χ2v) is 6.96. The van der Waals surface area contributed by atoms with E-state index in [1.54, 1.807) is 19.1 Å². The molecule has 1 heterocycles. The molecular formula is C13H19NO4S. The molecule has 0 radical (unpaired) electrons. The fourth-order valence-corrected chi connectivity index (χ4v) is 4.02. The van der Waals surface area contributed by atoms with E-state index in [4.69, 9.17) is 0 Å². The predicted molar refractivity (Wildman–Crippen MR) is 71.3 cm³/mol. The average molecular weight is 285 g/mol. The van der Waals surface area contributed by atoms with E-state index in [9.17, 15) is 18.6 Å². The molecule has 1 aromatic carbocycles. The van der Waals surface area contributed by atoms with Crippen LogP contribution in [-0.4, -0.2) is 48.2 Å². The predicted octanol–water partition coefficient (Wildman–Crippen LogP) is 0.420. The minimum Gasteiger partial charge on any atom is -0.390 e. The van der Waals surface area contributed by atoms with Crippen LogP contribution in [0.5, 0.6) is 0 Å². The number of hydrogen-bond acceptors (Lipinski definition) is 4. The molecule has 5 nitrogen and oxygen atoms in total. The number of aryl methyl sites for hydroxylation is 2. The van der Waals surface area contributed by atoms with Crippen LogP contribution in [0.15, 0.2) is 23.1 Å². The fraction of sp³-hybridized carbons (Fsp3) is 0.538. The van der Waals surface area contributed by atoms with Gasteiger partial charge in [-0.2, -0.15) is 4.31 Å². The van der Waals surface area contributed by atoms with Crippen molar-refractivity contribution in [3.63, 3.8) is 0 Å². The van der Waals surface area contributed by atoms with Crippen LogP contribution in [0.25, 0.3) is 0 Å². The van der Waals surface area contributed by atoms with Crippen LogP contribution in [0.2, 0.25) is 0 Å². The molecule has 106 valence electrons. The van der Waals surface area contributed by atoms with Gasteiger partial charge in [-0.05, 0) is 31.9 Å². The van der Waals surface area contributed by atoms with Crippen LogP contribution in [0.3, 0.4) is 0 Å². The smallest absolute Gasteiger partial charge is 0.243 e. The van der Waals surface area contributed by atoms with Crippen molar-refractivity contribution in [3.8, 4) is 0 Å². The van der Waals surface area contributed by atoms with Gasteiger partial charge in [-0.1, -0.05) is 17.7 Å². The summed E-state index contributed by atoms with van der Waals surface area (Å²) in [7, 11) is -3.60. The van der Waals surface area contributed by atoms with Crippen molar-refractivity contribution in [1.29, 1.82) is 0 Å². The molecule has 0 saturated carbocycles. The van der Waals surface area contributed by atoms with E-state index in [-0.39, 0.29) is 24.4 Å². The molecule has 0 amide bonds. The molecule has 2 rings (SSSR count). The van der Waals surface area contributed by atoms with Crippen LogP contribution in [0, 0.1) is 13.8 Å². The molecule has 2 N–H and O–H groups in total. The zero-order chi connectivity index (χ0) is 14.2. The van der Waals surface area contributed by atoms with Gasteiger partial charge in [-0.15, -0.1) is 0 Å². The average Bonchev–Trinajstić information content (AvgIpc) is 2.32. The second kappa shape index (κ2) is 5.20. The fourth-order valence-electron chi connectivity index (χ4n) is 2.34. The number of sulfonamides is 1. The lowest BCUT2D eigenvalue weighted by Crippen LogP contribution is -2.48. The number of hydrogen-bond donors (Lipinski definition) is 2. The van der Waals surface area contributed by atoms with Gasteiger partial charge in [0.1, 0.15) is 0 Å². The third kappa shape index (κ3) is 2.81. The Morgan fingerprint density at radius 1 is 1.21 bits per heavy atom. The molecule has 1 fully saturated rings. The largest absolute Gasteiger partial charge is 0.390 e. The topological polar surface area (TPSA) is 77.8 Å². The molecule has 0 aromatic heterocycles. The highest BCUT2D eigenvalue weighted by atomic mass is 32.2. The number of rotatable bonds is 2. The zero-order valence-electron chi connectivity index (χ0n) is 11.1. The molecular weight excluding hydrogens is 266 g/mol. The lowest BCUT2D eigenvalue weighted by atomic mass is 10.1. The first kappa shape index (κ1) is 14.5. The van der Waals surface area contributed by atoms with E-state index in [1.165, 1.54) is 4.31 Å². The Balaban J connectivity index is 2.32. The lowest BCUT2D eigenvalue weighted by Gasteiger charge is -2.32. The van der Waals surface area contributed by atoms with Gasteiger partial charge < -0.3 is 10.2 Å². The van der Waals surface area contributed by atoms with Crippen molar-refractivity contribution in [1.82, 2.24) is 4.31 Å². The van der Waals surface area contributed by atoms with E-state index in [1.807, 2.05) is 13.0 Å². The van der Waals surface area contributed by atoms with Crippen LogP contribution in [-0.2, 0) is 10.0 Å². The Morgan fingerprint density at radius 2 is 1.89 bits per heavy atom. The number of β-amino-alcohol motifs (C(OH)–C–C–N with tert-alkyl or cyclic N) is 1. The molecule has 0 aliphatic carbocycles. The SMILES string of the molecule is Cc1ccc(S(=O)(=O)N2CC[C@H](O)[C@@H](O)C2)c(C)c1. The van der Waals surface area contributed by atoms with E-state index in [0.29, 0.717) is 5.56 Å². The third-order valence-electron chi connectivity index (χ3n) is 3.46. The number of aliphatic hydroxyl groups is 2. The third-order valence-corrected chi connectivity index (χ3v) is 5.48. The van der Waals surface area contributed by atoms with Crippen molar-refractivity contribution in [2.75, 3.05) is 13.1 Å². The van der Waals surface area contributed by atoms with Gasteiger partial charge >= 0.3 is 0 Å². The molecule has 2 atom stereocenters. The summed E-state index contributed by atoms with van der Waals surface area (Å²) in [6.07, 6.45) is -1.61. The van der Waals surface area contributed by atoms with E-state index >= 15 is 0 Å². The summed E-state index contributed by atoms with van der Waals surface area (Å²) in [5.74, 6) is 0. The van der Waals surface area contributed by atoms with Crippen molar-refractivity contribution in [3.05, 3.63) is 29.3 Å². The molecule has 0 bridgehead atoms. The molecule has 0 unspecified atom stereocenters. The maximum absolute atomic E-state index is 12.5. The zero-order valence-corrected chi connectivity index (χ0v) is 11.9. The molecule has 1 aliphatic rings. The summed E-state index contributed by atoms with van der Waals surface area (Å²) in [5.41, 5.74) is 1.70. The van der Waals surface area contributed by atoms with Crippen molar-refractivity contribution >= 4 is 10.0 Å². The Morgan fingerprint density at radius 3 is 2.47 bits per heavy atom. The first-order valence-electron chi connectivity index (χ1n) is 6.26. The van der Waals surface area contributed by atoms with Crippen LogP contribution >= 0.6 is 0 Å². The van der Waals surface area contributed by atoms with E-state index in [2.05, 4.69) is 0 Å². The second-order valence-electron chi connectivity index (χ2n) is 5.06. The summed E-state index contributed by atoms with van der Waals surface area (Å²) in [6.45, 7) is 3.84. The van der Waals surface area contributed by atoms with Gasteiger partial charge in [0.25, 0.3) is 0 Å². The van der Waals surface area contributed by atoms with Crippen LogP contribution < -0.4 is 0 Å². The van der Waals surface area contributed by atoms with Gasteiger partial charge in [-0.25, -0.2) is 8.42 Å². The summed E-state index contributed by atoms with van der Waals surface area (Å²) in [6, 6.07) is 5.18. The summed E-state index contributed by atoms with van der Waals surface area (Å²) < 4.78 is 26.2. The lowest BCUT2D eigenvalue weighted by molar-refractivity contribution is -0.0192. The van der Waals surface area contributed by atoms with Gasteiger partial charge in [0.2, 0.25) is 10.0 Å². The van der Waals surface area contributed by atoms with E-state index in [0.717, 1.165) is 5.56 Å². The Hall–Kier alpha value is -0.950. The number of nitrogens with zero attached hydrogens (tertiary/aromatic N) is 1. The minimum atomic E-state index is -3.60. The maximum atomic E-state index is 12.5. The Kier molecular flexibility index (Phi) is 3.96. The maximum Gasteiger partial charge on any atom is 0.243 e. The highest BCUT2D eigenvalue weighted by Crippen LogP contribution is 2.24. The molecule has 1 saturated heterocycles.